The molecule has 1 saturated heterocycles. The molecule has 2 bridgehead atoms. The molecule has 0 aromatic heterocycles. The maximum absolute atomic E-state index is 14.3. The Morgan fingerprint density at radius 1 is 0.933 bits per heavy atom. The number of aliphatic imine (C=N–C) groups is 1. The Hall–Kier alpha value is -2.75. The molecule has 9 aliphatic rings. The highest BCUT2D eigenvalue weighted by atomic mass is 16.5. The fourth-order valence-corrected chi connectivity index (χ4v) is 16.5. The maximum Gasteiger partial charge on any atom is 0.306 e. The normalized spacial score (nSPS) is 52.3. The molecule has 9 N–H and O–H groups in total. The van der Waals surface area contributed by atoms with Crippen molar-refractivity contribution in [3.05, 3.63) is 23.3 Å². The number of aliphatic hydroxyl groups excluding tert-OH is 3. The van der Waals surface area contributed by atoms with Gasteiger partial charge in [0.15, 0.2) is 11.7 Å². The van der Waals surface area contributed by atoms with E-state index in [0.717, 1.165) is 32.1 Å². The van der Waals surface area contributed by atoms with Crippen LogP contribution in [0.5, 0.6) is 0 Å². The lowest BCUT2D eigenvalue weighted by Crippen LogP contribution is -2.69. The maximum atomic E-state index is 14.3. The Morgan fingerprint density at radius 3 is 2.45 bits per heavy atom. The molecule has 6 fully saturated rings. The van der Waals surface area contributed by atoms with Gasteiger partial charge in [-0.1, -0.05) is 38.3 Å². The number of ketones is 1. The first kappa shape index (κ1) is 42.5. The number of guanidine groups is 1. The number of nitrogens with two attached hydrogens (primary N) is 2. The summed E-state index contributed by atoms with van der Waals surface area (Å²) >= 11 is 0. The number of nitrogens with zero attached hydrogens (tertiary/aromatic N) is 1. The largest absolute Gasteiger partial charge is 0.465 e. The average molecular weight is 830 g/mol. The highest BCUT2D eigenvalue weighted by Gasteiger charge is 2.77. The number of fused-ring (bicyclic) bond motifs is 10. The fraction of sp³-hybridized carbons (Fsp3) is 0.816. The molecule has 1 aliphatic heterocycles. The minimum absolute atomic E-state index is 0.0137. The van der Waals surface area contributed by atoms with Gasteiger partial charge in [-0.25, -0.2) is 0 Å². The SMILES string of the molecule is CC1CCC2=CCC3C(C)CC(O)C(C)(O)C4C(CC#CC(C5COC(=O)C5)CC3C2C1)CC1(O)C2=CC(=O)C3CC(O)C(O)CC3(C)C2C2CCC(CN=C(N)N)C41C2. The van der Waals surface area contributed by atoms with E-state index in [4.69, 9.17) is 16.2 Å². The van der Waals surface area contributed by atoms with Crippen LogP contribution in [0.15, 0.2) is 28.3 Å². The quantitative estimate of drug-likeness (QED) is 0.0701. The van der Waals surface area contributed by atoms with Crippen LogP contribution in [-0.2, 0) is 14.3 Å². The smallest absolute Gasteiger partial charge is 0.306 e. The number of hydrogen-bond acceptors (Lipinski definition) is 9. The van der Waals surface area contributed by atoms with Crippen LogP contribution >= 0.6 is 0 Å². The number of allylic oxidation sites excluding steroid dienone is 3. The number of carbonyl (C=O) groups is 2. The standard InChI is InChI=1S/C49H71N3O8/c1-25-8-9-27-11-13-33-26(2)15-41(56)47(4,58)44-30(7-5-6-28(16-35(33)34(27)14-25)31-17-42(57)60-24-31)21-49(59)37-19-38(53)36-18-39(54)40(55)22-46(36,3)43(37)29-10-12-32(23-52-45(50)51)48(44,49)20-29/h11,19,25-26,28-36,39-41,43-44,54-56,58-59H,7-10,12-18,20-24H2,1-4H3,(H4,50,51,52). The molecular weight excluding hydrogens is 759 g/mol. The Balaban J connectivity index is 1.18. The number of carbonyl (C=O) groups excluding carboxylic acids is 2. The molecule has 0 aromatic carbocycles. The summed E-state index contributed by atoms with van der Waals surface area (Å²) in [5, 5.41) is 61.9. The fourth-order valence-electron chi connectivity index (χ4n) is 16.5. The van der Waals surface area contributed by atoms with Gasteiger partial charge in [0, 0.05) is 42.1 Å². The Morgan fingerprint density at radius 2 is 1.72 bits per heavy atom. The lowest BCUT2D eigenvalue weighted by molar-refractivity contribution is -0.226. The first-order chi connectivity index (χ1) is 28.4. The summed E-state index contributed by atoms with van der Waals surface area (Å²) in [6.07, 6.45) is 10.1. The predicted molar refractivity (Wildman–Crippen MR) is 226 cm³/mol. The van der Waals surface area contributed by atoms with Crippen LogP contribution < -0.4 is 11.5 Å². The number of esters is 1. The number of cyclic esters (lactones) is 1. The molecule has 0 radical (unpaired) electrons. The zero-order chi connectivity index (χ0) is 42.7. The van der Waals surface area contributed by atoms with Crippen LogP contribution in [0, 0.1) is 99.6 Å². The first-order valence-corrected chi connectivity index (χ1v) is 23.5. The molecule has 0 aromatic rings. The summed E-state index contributed by atoms with van der Waals surface area (Å²) in [4.78, 5) is 31.5. The van der Waals surface area contributed by atoms with Crippen LogP contribution in [0.25, 0.3) is 0 Å². The van der Waals surface area contributed by atoms with E-state index in [2.05, 4.69) is 43.7 Å². The van der Waals surface area contributed by atoms with Crippen LogP contribution in [0.3, 0.4) is 0 Å². The second-order valence-corrected chi connectivity index (χ2v) is 22.3. The third kappa shape index (κ3) is 6.49. The van der Waals surface area contributed by atoms with Crippen LogP contribution in [0.4, 0.5) is 0 Å². The number of hydrogen-bond donors (Lipinski definition) is 7. The van der Waals surface area contributed by atoms with Crippen molar-refractivity contribution in [2.45, 2.75) is 147 Å². The summed E-state index contributed by atoms with van der Waals surface area (Å²) in [6, 6.07) is 0. The van der Waals surface area contributed by atoms with Crippen molar-refractivity contribution < 1.29 is 39.9 Å². The van der Waals surface area contributed by atoms with E-state index < -0.39 is 52.2 Å². The molecule has 9 rings (SSSR count). The second kappa shape index (κ2) is 15.2. The lowest BCUT2D eigenvalue weighted by Gasteiger charge is -2.67. The minimum atomic E-state index is -1.66. The van der Waals surface area contributed by atoms with Gasteiger partial charge in [-0.05, 0) is 154 Å². The molecular formula is C49H71N3O8. The van der Waals surface area contributed by atoms with Crippen molar-refractivity contribution in [3.63, 3.8) is 0 Å². The number of rotatable bonds is 3. The van der Waals surface area contributed by atoms with E-state index in [9.17, 15) is 35.1 Å². The van der Waals surface area contributed by atoms with Crippen LogP contribution in [-0.4, -0.2) is 85.9 Å². The van der Waals surface area contributed by atoms with E-state index in [1.165, 1.54) is 6.42 Å². The molecule has 1 heterocycles. The second-order valence-electron chi connectivity index (χ2n) is 22.3. The van der Waals surface area contributed by atoms with Crippen molar-refractivity contribution >= 4 is 17.7 Å². The molecule has 11 heteroatoms. The first-order valence-electron chi connectivity index (χ1n) is 23.5. The van der Waals surface area contributed by atoms with E-state index in [-0.39, 0.29) is 90.9 Å². The number of aliphatic hydroxyl groups is 5. The number of ether oxygens (including phenoxy) is 1. The molecule has 5 saturated carbocycles. The zero-order valence-corrected chi connectivity index (χ0v) is 36.3. The van der Waals surface area contributed by atoms with Gasteiger partial charge in [-0.3, -0.25) is 14.6 Å². The third-order valence-corrected chi connectivity index (χ3v) is 19.1. The molecule has 0 amide bonds. The highest BCUT2D eigenvalue weighted by Crippen LogP contribution is 2.76. The minimum Gasteiger partial charge on any atom is -0.465 e. The van der Waals surface area contributed by atoms with Crippen molar-refractivity contribution in [3.8, 4) is 11.8 Å². The summed E-state index contributed by atoms with van der Waals surface area (Å²) in [5.74, 6) is 6.69. The Labute approximate surface area is 356 Å². The average Bonchev–Trinajstić information content (AvgIpc) is 3.73. The molecule has 20 atom stereocenters. The predicted octanol–water partition coefficient (Wildman–Crippen LogP) is 4.42. The van der Waals surface area contributed by atoms with Gasteiger partial charge in [0.1, 0.15) is 0 Å². The highest BCUT2D eigenvalue weighted by molar-refractivity contribution is 5.95. The van der Waals surface area contributed by atoms with Crippen molar-refractivity contribution in [2.24, 2.45) is 104 Å². The molecule has 1 spiro atoms. The van der Waals surface area contributed by atoms with E-state index in [1.807, 2.05) is 0 Å². The monoisotopic (exact) mass is 830 g/mol. The van der Waals surface area contributed by atoms with E-state index in [1.54, 1.807) is 18.6 Å². The van der Waals surface area contributed by atoms with Gasteiger partial charge in [0.25, 0.3) is 0 Å². The van der Waals surface area contributed by atoms with E-state index >= 15 is 0 Å². The van der Waals surface area contributed by atoms with Gasteiger partial charge in [0.2, 0.25) is 0 Å². The van der Waals surface area contributed by atoms with Gasteiger partial charge in [0.05, 0.1) is 42.5 Å². The van der Waals surface area contributed by atoms with Gasteiger partial charge >= 0.3 is 5.97 Å². The van der Waals surface area contributed by atoms with Crippen LogP contribution in [0.1, 0.15) is 118 Å². The Kier molecular flexibility index (Phi) is 10.8. The summed E-state index contributed by atoms with van der Waals surface area (Å²) < 4.78 is 5.58. The summed E-state index contributed by atoms with van der Waals surface area (Å²) in [6.45, 7) is 9.04. The molecule has 11 nitrogen and oxygen atoms in total. The molecule has 20 unspecified atom stereocenters. The third-order valence-electron chi connectivity index (χ3n) is 19.1. The molecule has 60 heavy (non-hydrogen) atoms. The van der Waals surface area contributed by atoms with Gasteiger partial charge < -0.3 is 41.7 Å². The van der Waals surface area contributed by atoms with Gasteiger partial charge in [-0.2, -0.15) is 0 Å². The van der Waals surface area contributed by atoms with Gasteiger partial charge in [-0.15, -0.1) is 5.92 Å². The lowest BCUT2D eigenvalue weighted by atomic mass is 9.38. The Bertz CT molecular complexity index is 1900. The topological polar surface area (TPSA) is 209 Å². The zero-order valence-electron chi connectivity index (χ0n) is 36.3. The van der Waals surface area contributed by atoms with Crippen molar-refractivity contribution in [1.29, 1.82) is 0 Å². The molecule has 330 valence electrons. The van der Waals surface area contributed by atoms with E-state index in [0.29, 0.717) is 62.0 Å². The molecule has 8 aliphatic carbocycles. The van der Waals surface area contributed by atoms with Crippen molar-refractivity contribution in [1.82, 2.24) is 0 Å². The van der Waals surface area contributed by atoms with Crippen LogP contribution in [0.2, 0.25) is 0 Å². The van der Waals surface area contributed by atoms with Crippen molar-refractivity contribution in [2.75, 3.05) is 13.2 Å². The summed E-state index contributed by atoms with van der Waals surface area (Å²) in [5.41, 5.74) is 9.31. The summed E-state index contributed by atoms with van der Waals surface area (Å²) in [7, 11) is 0.